The first-order valence-electron chi connectivity index (χ1n) is 9.96. The van der Waals surface area contributed by atoms with Crippen LogP contribution in [0.5, 0.6) is 0 Å². The SMILES string of the molecule is O=C(/C=C/C[C@@]1(O)CCCC(F)(F)C1)c1cc(C2CCOC2)n2cccc(Cl)c12. The molecule has 4 nitrogen and oxygen atoms in total. The van der Waals surface area contributed by atoms with Crippen molar-refractivity contribution in [2.75, 3.05) is 13.2 Å². The topological polar surface area (TPSA) is 50.9 Å². The highest BCUT2D eigenvalue weighted by Crippen LogP contribution is 2.41. The second-order valence-electron chi connectivity index (χ2n) is 8.20. The molecule has 4 rings (SSSR count). The molecular formula is C22H24ClF2NO3. The average molecular weight is 424 g/mol. The van der Waals surface area contributed by atoms with Crippen molar-refractivity contribution < 1.29 is 23.4 Å². The van der Waals surface area contributed by atoms with E-state index in [-0.39, 0.29) is 31.0 Å². The second-order valence-corrected chi connectivity index (χ2v) is 8.61. The Kier molecular flexibility index (Phi) is 5.53. The van der Waals surface area contributed by atoms with Crippen LogP contribution in [0, 0.1) is 0 Å². The molecule has 156 valence electrons. The molecule has 7 heteroatoms. The minimum atomic E-state index is -2.85. The van der Waals surface area contributed by atoms with Gasteiger partial charge < -0.3 is 14.2 Å². The maximum atomic E-state index is 13.6. The molecule has 2 atom stereocenters. The first-order chi connectivity index (χ1) is 13.8. The minimum absolute atomic E-state index is 0.0250. The fourth-order valence-electron chi connectivity index (χ4n) is 4.50. The Bertz CT molecular complexity index is 949. The zero-order valence-electron chi connectivity index (χ0n) is 16.0. The van der Waals surface area contributed by atoms with E-state index in [9.17, 15) is 18.7 Å². The van der Waals surface area contributed by atoms with Gasteiger partial charge in [0.05, 0.1) is 22.7 Å². The summed E-state index contributed by atoms with van der Waals surface area (Å²) in [5.41, 5.74) is 0.608. The third-order valence-electron chi connectivity index (χ3n) is 5.92. The molecule has 2 aliphatic rings. The molecule has 0 bridgehead atoms. The maximum absolute atomic E-state index is 13.6. The van der Waals surface area contributed by atoms with Crippen molar-refractivity contribution in [2.24, 2.45) is 0 Å². The minimum Gasteiger partial charge on any atom is -0.389 e. The predicted octanol–water partition coefficient (Wildman–Crippen LogP) is 5.17. The average Bonchev–Trinajstić information content (AvgIpc) is 3.28. The van der Waals surface area contributed by atoms with E-state index < -0.39 is 17.9 Å². The number of carbonyl (C=O) groups is 1. The number of alkyl halides is 2. The first-order valence-corrected chi connectivity index (χ1v) is 10.3. The van der Waals surface area contributed by atoms with Crippen molar-refractivity contribution in [3.63, 3.8) is 0 Å². The zero-order chi connectivity index (χ0) is 20.6. The number of ketones is 1. The Morgan fingerprint density at radius 1 is 1.41 bits per heavy atom. The molecule has 29 heavy (non-hydrogen) atoms. The molecule has 1 aliphatic heterocycles. The summed E-state index contributed by atoms with van der Waals surface area (Å²) in [6.07, 6.45) is 5.47. The number of allylic oxidation sites excluding steroid dienone is 1. The zero-order valence-corrected chi connectivity index (χ0v) is 16.8. The van der Waals surface area contributed by atoms with Crippen LogP contribution in [0.3, 0.4) is 0 Å². The summed E-state index contributed by atoms with van der Waals surface area (Å²) in [5, 5.41) is 10.9. The van der Waals surface area contributed by atoms with Gasteiger partial charge >= 0.3 is 0 Å². The van der Waals surface area contributed by atoms with Crippen molar-refractivity contribution in [3.8, 4) is 0 Å². The molecule has 0 spiro atoms. The lowest BCUT2D eigenvalue weighted by atomic mass is 9.80. The third kappa shape index (κ3) is 4.25. The number of aromatic nitrogens is 1. The fourth-order valence-corrected chi connectivity index (χ4v) is 4.76. The lowest BCUT2D eigenvalue weighted by Gasteiger charge is -2.35. The molecule has 1 aliphatic carbocycles. The van der Waals surface area contributed by atoms with Gasteiger partial charge in [0.2, 0.25) is 0 Å². The van der Waals surface area contributed by atoms with Gasteiger partial charge in [-0.3, -0.25) is 4.79 Å². The number of hydrogen-bond donors (Lipinski definition) is 1. The highest BCUT2D eigenvalue weighted by atomic mass is 35.5. The summed E-state index contributed by atoms with van der Waals surface area (Å²) >= 11 is 6.38. The van der Waals surface area contributed by atoms with Gasteiger partial charge in [-0.2, -0.15) is 0 Å². The van der Waals surface area contributed by atoms with Crippen LogP contribution in [0.15, 0.2) is 36.5 Å². The standard InChI is InChI=1S/C22H24ClF2NO3/c23-17-4-2-10-26-18(15-6-11-29-13-15)12-16(20(17)26)19(27)5-1-7-21(28)8-3-9-22(24,25)14-21/h1-2,4-5,10,12,15,28H,3,6-9,11,13-14H2/b5-1+/t15?,21-/m1/s1. The van der Waals surface area contributed by atoms with Crippen molar-refractivity contribution in [3.05, 3.63) is 52.8 Å². The molecule has 1 saturated heterocycles. The van der Waals surface area contributed by atoms with Gasteiger partial charge in [-0.1, -0.05) is 17.7 Å². The fraction of sp³-hybridized carbons (Fsp3) is 0.500. The first kappa shape index (κ1) is 20.5. The molecule has 0 aromatic carbocycles. The van der Waals surface area contributed by atoms with Crippen LogP contribution >= 0.6 is 11.6 Å². The van der Waals surface area contributed by atoms with Gasteiger partial charge in [0.1, 0.15) is 0 Å². The largest absolute Gasteiger partial charge is 0.389 e. The molecule has 2 aromatic rings. The summed E-state index contributed by atoms with van der Waals surface area (Å²) in [4.78, 5) is 12.9. The van der Waals surface area contributed by atoms with Gasteiger partial charge in [-0.15, -0.1) is 0 Å². The normalized spacial score (nSPS) is 27.1. The lowest BCUT2D eigenvalue weighted by molar-refractivity contribution is -0.122. The van der Waals surface area contributed by atoms with E-state index in [1.165, 1.54) is 12.2 Å². The summed E-state index contributed by atoms with van der Waals surface area (Å²) in [5.74, 6) is -2.92. The Morgan fingerprint density at radius 3 is 2.97 bits per heavy atom. The number of hydrogen-bond acceptors (Lipinski definition) is 3. The Balaban J connectivity index is 1.58. The number of carbonyl (C=O) groups excluding carboxylic acids is 1. The second kappa shape index (κ2) is 7.82. The van der Waals surface area contributed by atoms with Gasteiger partial charge in [-0.05, 0) is 50.0 Å². The number of halogens is 3. The summed E-state index contributed by atoms with van der Waals surface area (Å²) < 4.78 is 34.7. The van der Waals surface area contributed by atoms with Crippen LogP contribution in [0.4, 0.5) is 8.78 Å². The van der Waals surface area contributed by atoms with Crippen LogP contribution < -0.4 is 0 Å². The van der Waals surface area contributed by atoms with E-state index >= 15 is 0 Å². The number of pyridine rings is 1. The lowest BCUT2D eigenvalue weighted by Crippen LogP contribution is -2.40. The molecule has 3 heterocycles. The van der Waals surface area contributed by atoms with Crippen molar-refractivity contribution in [1.29, 1.82) is 0 Å². The van der Waals surface area contributed by atoms with Crippen molar-refractivity contribution in [2.45, 2.75) is 56.0 Å². The van der Waals surface area contributed by atoms with E-state index in [4.69, 9.17) is 16.3 Å². The van der Waals surface area contributed by atoms with E-state index in [0.717, 1.165) is 12.1 Å². The van der Waals surface area contributed by atoms with Crippen molar-refractivity contribution in [1.82, 2.24) is 4.40 Å². The van der Waals surface area contributed by atoms with Gasteiger partial charge in [0.15, 0.2) is 5.78 Å². The van der Waals surface area contributed by atoms with Gasteiger partial charge in [-0.25, -0.2) is 8.78 Å². The van der Waals surface area contributed by atoms with Crippen LogP contribution in [0.25, 0.3) is 5.52 Å². The number of aliphatic hydroxyl groups is 1. The summed E-state index contributed by atoms with van der Waals surface area (Å²) in [6.45, 7) is 1.29. The number of nitrogens with zero attached hydrogens (tertiary/aromatic N) is 1. The smallest absolute Gasteiger partial charge is 0.250 e. The predicted molar refractivity (Wildman–Crippen MR) is 107 cm³/mol. The van der Waals surface area contributed by atoms with Crippen LogP contribution in [-0.4, -0.2) is 40.0 Å². The molecule has 1 saturated carbocycles. The number of ether oxygens (including phenoxy) is 1. The van der Waals surface area contributed by atoms with Gasteiger partial charge in [0, 0.05) is 42.8 Å². The molecule has 0 amide bonds. The molecule has 2 aromatic heterocycles. The molecule has 1 N–H and O–H groups in total. The van der Waals surface area contributed by atoms with Crippen LogP contribution in [0.1, 0.15) is 60.5 Å². The monoisotopic (exact) mass is 423 g/mol. The number of rotatable bonds is 5. The molecule has 2 fully saturated rings. The third-order valence-corrected chi connectivity index (χ3v) is 6.23. The maximum Gasteiger partial charge on any atom is 0.250 e. The Hall–Kier alpha value is -1.76. The van der Waals surface area contributed by atoms with Crippen LogP contribution in [-0.2, 0) is 4.74 Å². The summed E-state index contributed by atoms with van der Waals surface area (Å²) in [6, 6.07) is 5.41. The van der Waals surface area contributed by atoms with Crippen molar-refractivity contribution >= 4 is 22.9 Å². The van der Waals surface area contributed by atoms with Gasteiger partial charge in [0.25, 0.3) is 5.92 Å². The summed E-state index contributed by atoms with van der Waals surface area (Å²) in [7, 11) is 0. The van der Waals surface area contributed by atoms with E-state index in [1.807, 2.05) is 22.7 Å². The Labute approximate surface area is 173 Å². The molecular weight excluding hydrogens is 400 g/mol. The van der Waals surface area contributed by atoms with E-state index in [1.54, 1.807) is 6.07 Å². The highest BCUT2D eigenvalue weighted by molar-refractivity contribution is 6.35. The molecule has 1 unspecified atom stereocenters. The van der Waals surface area contributed by atoms with E-state index in [2.05, 4.69) is 0 Å². The quantitative estimate of drug-likeness (QED) is 0.533. The Morgan fingerprint density at radius 2 is 2.24 bits per heavy atom. The number of fused-ring (bicyclic) bond motifs is 1. The van der Waals surface area contributed by atoms with Crippen LogP contribution in [0.2, 0.25) is 5.02 Å². The highest BCUT2D eigenvalue weighted by Gasteiger charge is 2.43. The van der Waals surface area contributed by atoms with E-state index in [0.29, 0.717) is 35.7 Å². The molecule has 0 radical (unpaired) electrons.